The summed E-state index contributed by atoms with van der Waals surface area (Å²) in [4.78, 5) is 13.6. The molecule has 5 aromatic carbocycles. The summed E-state index contributed by atoms with van der Waals surface area (Å²) in [5.41, 5.74) is 15.9. The predicted molar refractivity (Wildman–Crippen MR) is 224 cm³/mol. The summed E-state index contributed by atoms with van der Waals surface area (Å²) in [6, 6.07) is 34.4. The van der Waals surface area contributed by atoms with E-state index in [1.807, 2.05) is 18.5 Å². The highest BCUT2D eigenvalue weighted by molar-refractivity contribution is 5.96. The van der Waals surface area contributed by atoms with E-state index in [0.717, 1.165) is 23.5 Å². The topological polar surface area (TPSA) is 32.3 Å². The lowest BCUT2D eigenvalue weighted by Gasteiger charge is -2.41. The maximum absolute atomic E-state index is 14.7. The molecular formula is C49H51FN4. The Labute approximate surface area is 320 Å². The Bertz CT molecular complexity index is 2420. The van der Waals surface area contributed by atoms with Gasteiger partial charge in [0.2, 0.25) is 0 Å². The van der Waals surface area contributed by atoms with Gasteiger partial charge in [0.05, 0.1) is 18.1 Å². The molecule has 1 aromatic heterocycles. The van der Waals surface area contributed by atoms with Gasteiger partial charge < -0.3 is 9.80 Å². The van der Waals surface area contributed by atoms with Crippen molar-refractivity contribution in [2.24, 2.45) is 0 Å². The molecule has 1 heterocycles. The van der Waals surface area contributed by atoms with Crippen molar-refractivity contribution >= 4 is 22.7 Å². The zero-order chi connectivity index (χ0) is 38.4. The van der Waals surface area contributed by atoms with Crippen molar-refractivity contribution in [1.82, 2.24) is 9.97 Å². The smallest absolute Gasteiger partial charge is 0.125 e. The minimum Gasteiger partial charge on any atom is -0.336 e. The molecule has 0 unspecified atom stereocenters. The third kappa shape index (κ3) is 5.46. The van der Waals surface area contributed by atoms with Crippen molar-refractivity contribution in [2.45, 2.75) is 97.6 Å². The van der Waals surface area contributed by atoms with Crippen LogP contribution in [-0.4, -0.2) is 21.0 Å². The lowest BCUT2D eigenvalue weighted by Crippen LogP contribution is -2.40. The molecule has 0 fully saturated rings. The molecule has 0 radical (unpaired) electrons. The first-order chi connectivity index (χ1) is 25.6. The van der Waals surface area contributed by atoms with Crippen LogP contribution in [0.2, 0.25) is 0 Å². The van der Waals surface area contributed by atoms with Crippen LogP contribution in [-0.2, 0) is 10.8 Å². The van der Waals surface area contributed by atoms with Gasteiger partial charge in [-0.2, -0.15) is 0 Å². The average molecular weight is 715 g/mol. The molecule has 54 heavy (non-hydrogen) atoms. The normalized spacial score (nSPS) is 14.9. The molecule has 0 amide bonds. The minimum absolute atomic E-state index is 0.160. The van der Waals surface area contributed by atoms with Crippen molar-refractivity contribution in [3.63, 3.8) is 0 Å². The highest BCUT2D eigenvalue weighted by Crippen LogP contribution is 2.57. The Morgan fingerprint density at radius 1 is 0.574 bits per heavy atom. The van der Waals surface area contributed by atoms with Crippen molar-refractivity contribution in [1.29, 1.82) is 0 Å². The summed E-state index contributed by atoms with van der Waals surface area (Å²) < 4.78 is 14.7. The molecule has 0 atom stereocenters. The lowest BCUT2D eigenvalue weighted by molar-refractivity contribution is 0.487. The molecule has 0 N–H and O–H groups in total. The number of fused-ring (bicyclic) bond motifs is 6. The Morgan fingerprint density at radius 3 is 1.78 bits per heavy atom. The summed E-state index contributed by atoms with van der Waals surface area (Å²) in [5.74, 6) is -0.233. The second-order valence-corrected chi connectivity index (χ2v) is 17.8. The van der Waals surface area contributed by atoms with E-state index >= 15 is 0 Å². The van der Waals surface area contributed by atoms with E-state index in [-0.39, 0.29) is 27.7 Å². The van der Waals surface area contributed by atoms with Crippen molar-refractivity contribution in [3.05, 3.63) is 144 Å². The van der Waals surface area contributed by atoms with Gasteiger partial charge in [-0.05, 0) is 128 Å². The van der Waals surface area contributed by atoms with Crippen LogP contribution < -0.4 is 9.80 Å². The first-order valence-corrected chi connectivity index (χ1v) is 19.2. The fourth-order valence-corrected chi connectivity index (χ4v) is 9.17. The van der Waals surface area contributed by atoms with Crippen LogP contribution in [0.5, 0.6) is 0 Å². The molecule has 4 nitrogen and oxygen atoms in total. The molecule has 0 bridgehead atoms. The highest BCUT2D eigenvalue weighted by Gasteiger charge is 2.41. The number of benzene rings is 5. The quantitative estimate of drug-likeness (QED) is 0.165. The maximum atomic E-state index is 14.7. The van der Waals surface area contributed by atoms with Crippen molar-refractivity contribution in [2.75, 3.05) is 9.80 Å². The van der Waals surface area contributed by atoms with Gasteiger partial charge in [0.15, 0.2) is 0 Å². The summed E-state index contributed by atoms with van der Waals surface area (Å²) in [7, 11) is 0. The molecule has 6 aromatic rings. The number of anilines is 4. The van der Waals surface area contributed by atoms with Gasteiger partial charge in [-0.15, -0.1) is 0 Å². The van der Waals surface area contributed by atoms with Crippen LogP contribution in [0.4, 0.5) is 27.1 Å². The van der Waals surface area contributed by atoms with Gasteiger partial charge in [-0.3, -0.25) is 0 Å². The predicted octanol–water partition coefficient (Wildman–Crippen LogP) is 13.2. The van der Waals surface area contributed by atoms with Crippen molar-refractivity contribution in [3.8, 4) is 33.4 Å². The zero-order valence-electron chi connectivity index (χ0n) is 33.3. The number of hydrogen-bond donors (Lipinski definition) is 0. The molecule has 0 saturated carbocycles. The van der Waals surface area contributed by atoms with Crippen LogP contribution in [0.15, 0.2) is 116 Å². The van der Waals surface area contributed by atoms with E-state index in [0.29, 0.717) is 0 Å². The molecule has 274 valence electrons. The van der Waals surface area contributed by atoms with Crippen LogP contribution in [0.1, 0.15) is 97.9 Å². The summed E-state index contributed by atoms with van der Waals surface area (Å²) in [6.45, 7) is 22.8. The van der Waals surface area contributed by atoms with Gasteiger partial charge in [0.25, 0.3) is 0 Å². The Morgan fingerprint density at radius 2 is 1.15 bits per heavy atom. The van der Waals surface area contributed by atoms with Gasteiger partial charge in [0, 0.05) is 50.1 Å². The number of aromatic nitrogens is 2. The number of rotatable bonds is 7. The van der Waals surface area contributed by atoms with Crippen molar-refractivity contribution < 1.29 is 4.39 Å². The first-order valence-electron chi connectivity index (χ1n) is 19.2. The van der Waals surface area contributed by atoms with Gasteiger partial charge in [0.1, 0.15) is 12.1 Å². The Hall–Kier alpha value is -5.29. The lowest BCUT2D eigenvalue weighted by atomic mass is 9.81. The average Bonchev–Trinajstić information content (AvgIpc) is 3.51. The van der Waals surface area contributed by atoms with E-state index in [2.05, 4.69) is 162 Å². The number of nitrogens with zero attached hydrogens (tertiary/aromatic N) is 4. The van der Waals surface area contributed by atoms with Gasteiger partial charge in [-0.1, -0.05) is 89.2 Å². The monoisotopic (exact) mass is 714 g/mol. The third-order valence-electron chi connectivity index (χ3n) is 12.2. The van der Waals surface area contributed by atoms with E-state index in [1.54, 1.807) is 18.5 Å². The molecule has 5 heteroatoms. The van der Waals surface area contributed by atoms with E-state index in [9.17, 15) is 4.39 Å². The molecule has 0 spiro atoms. The van der Waals surface area contributed by atoms with Crippen LogP contribution >= 0.6 is 0 Å². The van der Waals surface area contributed by atoms with Crippen LogP contribution in [0.25, 0.3) is 33.4 Å². The summed E-state index contributed by atoms with van der Waals surface area (Å²) in [6.07, 6.45) is 6.40. The zero-order valence-corrected chi connectivity index (χ0v) is 33.3. The second-order valence-electron chi connectivity index (χ2n) is 17.8. The van der Waals surface area contributed by atoms with Gasteiger partial charge in [-0.25, -0.2) is 14.4 Å². The van der Waals surface area contributed by atoms with E-state index in [1.165, 1.54) is 67.4 Å². The molecular weight excluding hydrogens is 664 g/mol. The molecule has 0 saturated heterocycles. The molecule has 0 aliphatic heterocycles. The van der Waals surface area contributed by atoms with Crippen LogP contribution in [0.3, 0.4) is 0 Å². The summed E-state index contributed by atoms with van der Waals surface area (Å²) >= 11 is 0. The fourth-order valence-electron chi connectivity index (χ4n) is 9.17. The largest absolute Gasteiger partial charge is 0.336 e. The third-order valence-corrected chi connectivity index (χ3v) is 12.2. The maximum Gasteiger partial charge on any atom is 0.125 e. The van der Waals surface area contributed by atoms with E-state index in [4.69, 9.17) is 0 Å². The fraction of sp³-hybridized carbons (Fsp3) is 0.306. The van der Waals surface area contributed by atoms with Gasteiger partial charge >= 0.3 is 0 Å². The standard InChI is InChI=1S/C49H51FN4/c1-11-47(5,6)54(35-28-51-30-52-29-35)43-20-14-18-40-45(43)37-25-31(22-24-38(37)48(40,7)8)32-21-23-36-41(26-32)49(9,10)39-17-13-19-42(44(36)39)53(46(2,3)4)34-16-12-15-33(50)27-34/h12-30H,11H2,1-10H3. The second kappa shape index (κ2) is 12.4. The number of halogens is 1. The molecule has 2 aliphatic rings. The van der Waals surface area contributed by atoms with Crippen LogP contribution in [0, 0.1) is 5.82 Å². The molecule has 8 rings (SSSR count). The minimum atomic E-state index is -0.293. The molecule has 2 aliphatic carbocycles. The Balaban J connectivity index is 1.28. The highest BCUT2D eigenvalue weighted by atomic mass is 19.1. The Kier molecular flexibility index (Phi) is 8.19. The summed E-state index contributed by atoms with van der Waals surface area (Å²) in [5, 5.41) is 0. The number of hydrogen-bond acceptors (Lipinski definition) is 4. The van der Waals surface area contributed by atoms with E-state index < -0.39 is 0 Å². The first kappa shape index (κ1) is 35.7. The SMILES string of the molecule is CCC(C)(C)N(c1cncnc1)c1cccc2c1-c1cc(-c3ccc4c(c3)C(C)(C)c3cccc(N(c5cccc(F)c5)C(C)(C)C)c3-4)ccc1C2(C)C.